The van der Waals surface area contributed by atoms with Crippen LogP contribution >= 0.6 is 11.3 Å². The van der Waals surface area contributed by atoms with Crippen molar-refractivity contribution in [1.29, 1.82) is 0 Å². The van der Waals surface area contributed by atoms with Crippen molar-refractivity contribution in [1.82, 2.24) is 4.90 Å². The van der Waals surface area contributed by atoms with Crippen molar-refractivity contribution in [2.45, 2.75) is 25.4 Å². The summed E-state index contributed by atoms with van der Waals surface area (Å²) in [6.45, 7) is 0.762. The molecule has 0 fully saturated rings. The van der Waals surface area contributed by atoms with E-state index < -0.39 is 11.7 Å². The van der Waals surface area contributed by atoms with Gasteiger partial charge in [0.1, 0.15) is 11.6 Å². The summed E-state index contributed by atoms with van der Waals surface area (Å²) in [5.41, 5.74) is 1.87. The summed E-state index contributed by atoms with van der Waals surface area (Å²) in [4.78, 5) is 28.6. The molecule has 0 bridgehead atoms. The van der Waals surface area contributed by atoms with Crippen LogP contribution in [0.5, 0.6) is 5.75 Å². The number of ether oxygens (including phenoxy) is 1. The van der Waals surface area contributed by atoms with Crippen molar-refractivity contribution in [3.05, 3.63) is 81.8 Å². The Balaban J connectivity index is 1.68. The standard InChI is InChI=1S/C23H21FN2O3S/c1-29-21-7-3-2-5-15(21)13-26(14-17-6-4-10-30-17)23(28)19-12-22(27)25-20-11-16(24)8-9-18(19)20/h2-11,19H,12-14H2,1H3,(H,25,27)/t19-/m1/s1. The smallest absolute Gasteiger partial charge is 0.231 e. The number of methoxy groups -OCH3 is 1. The van der Waals surface area contributed by atoms with Gasteiger partial charge in [0.05, 0.1) is 19.6 Å². The number of hydrogen-bond donors (Lipinski definition) is 1. The number of nitrogens with one attached hydrogen (secondary N) is 1. The molecule has 0 saturated carbocycles. The predicted octanol–water partition coefficient (Wildman–Crippen LogP) is 4.55. The van der Waals surface area contributed by atoms with E-state index in [2.05, 4.69) is 5.32 Å². The topological polar surface area (TPSA) is 58.6 Å². The number of amides is 2. The molecule has 1 aliphatic heterocycles. The molecule has 2 amide bonds. The minimum atomic E-state index is -0.663. The Morgan fingerprint density at radius 2 is 2.03 bits per heavy atom. The summed E-state index contributed by atoms with van der Waals surface area (Å²) in [6, 6.07) is 15.6. The number of carbonyl (C=O) groups is 2. The molecular formula is C23H21FN2O3S. The summed E-state index contributed by atoms with van der Waals surface area (Å²) in [6.07, 6.45) is 0.0321. The molecule has 5 nitrogen and oxygen atoms in total. The monoisotopic (exact) mass is 424 g/mol. The molecule has 1 aromatic heterocycles. The third-order valence-electron chi connectivity index (χ3n) is 5.14. The Kier molecular flexibility index (Phi) is 5.81. The van der Waals surface area contributed by atoms with Crippen LogP contribution in [-0.2, 0) is 22.7 Å². The Hall–Kier alpha value is -3.19. The number of thiophene rings is 1. The first-order valence-electron chi connectivity index (χ1n) is 9.57. The molecule has 0 unspecified atom stereocenters. The zero-order valence-electron chi connectivity index (χ0n) is 16.4. The summed E-state index contributed by atoms with van der Waals surface area (Å²) < 4.78 is 19.1. The maximum Gasteiger partial charge on any atom is 0.231 e. The van der Waals surface area contributed by atoms with Crippen molar-refractivity contribution < 1.29 is 18.7 Å². The van der Waals surface area contributed by atoms with E-state index in [-0.39, 0.29) is 18.2 Å². The number of fused-ring (bicyclic) bond motifs is 1. The van der Waals surface area contributed by atoms with Crippen molar-refractivity contribution in [3.63, 3.8) is 0 Å². The molecule has 7 heteroatoms. The molecule has 1 atom stereocenters. The minimum absolute atomic E-state index is 0.0321. The van der Waals surface area contributed by atoms with E-state index in [1.54, 1.807) is 29.4 Å². The summed E-state index contributed by atoms with van der Waals surface area (Å²) in [7, 11) is 1.60. The largest absolute Gasteiger partial charge is 0.496 e. The quantitative estimate of drug-likeness (QED) is 0.632. The summed E-state index contributed by atoms with van der Waals surface area (Å²) >= 11 is 1.57. The van der Waals surface area contributed by atoms with Gasteiger partial charge in [0.2, 0.25) is 11.8 Å². The highest BCUT2D eigenvalue weighted by molar-refractivity contribution is 7.09. The lowest BCUT2D eigenvalue weighted by Crippen LogP contribution is -2.38. The second kappa shape index (κ2) is 8.67. The lowest BCUT2D eigenvalue weighted by Gasteiger charge is -2.31. The molecule has 0 radical (unpaired) electrons. The van der Waals surface area contributed by atoms with Gasteiger partial charge in [0.15, 0.2) is 0 Å². The molecular weight excluding hydrogens is 403 g/mol. The molecule has 1 N–H and O–H groups in total. The maximum atomic E-state index is 13.7. The van der Waals surface area contributed by atoms with E-state index in [4.69, 9.17) is 4.74 Å². The highest BCUT2D eigenvalue weighted by Gasteiger charge is 2.34. The van der Waals surface area contributed by atoms with Crippen molar-refractivity contribution in [3.8, 4) is 5.75 Å². The Morgan fingerprint density at radius 1 is 1.20 bits per heavy atom. The van der Waals surface area contributed by atoms with E-state index in [1.165, 1.54) is 12.1 Å². The molecule has 154 valence electrons. The second-order valence-corrected chi connectivity index (χ2v) is 8.15. The van der Waals surface area contributed by atoms with E-state index in [0.29, 0.717) is 30.1 Å². The normalized spacial score (nSPS) is 15.3. The van der Waals surface area contributed by atoms with Crippen LogP contribution in [0, 0.1) is 5.82 Å². The lowest BCUT2D eigenvalue weighted by molar-refractivity contribution is -0.136. The zero-order valence-corrected chi connectivity index (χ0v) is 17.2. The van der Waals surface area contributed by atoms with Crippen LogP contribution in [0.2, 0.25) is 0 Å². The number of carbonyl (C=O) groups excluding carboxylic acids is 2. The van der Waals surface area contributed by atoms with Gasteiger partial charge in [0.25, 0.3) is 0 Å². The SMILES string of the molecule is COc1ccccc1CN(Cc1cccs1)C(=O)[C@@H]1CC(=O)Nc2cc(F)ccc21. The first-order chi connectivity index (χ1) is 14.5. The van der Waals surface area contributed by atoms with Crippen molar-refractivity contribution in [2.24, 2.45) is 0 Å². The van der Waals surface area contributed by atoms with Gasteiger partial charge >= 0.3 is 0 Å². The fraction of sp³-hybridized carbons (Fsp3) is 0.217. The van der Waals surface area contributed by atoms with Gasteiger partial charge in [-0.2, -0.15) is 0 Å². The number of para-hydroxylation sites is 1. The molecule has 0 saturated heterocycles. The zero-order chi connectivity index (χ0) is 21.1. The Morgan fingerprint density at radius 3 is 2.80 bits per heavy atom. The minimum Gasteiger partial charge on any atom is -0.496 e. The van der Waals surface area contributed by atoms with Gasteiger partial charge in [-0.15, -0.1) is 11.3 Å². The van der Waals surface area contributed by atoms with E-state index in [9.17, 15) is 14.0 Å². The summed E-state index contributed by atoms with van der Waals surface area (Å²) in [5.74, 6) is -0.877. The summed E-state index contributed by atoms with van der Waals surface area (Å²) in [5, 5.41) is 4.64. The van der Waals surface area contributed by atoms with Crippen LogP contribution < -0.4 is 10.1 Å². The van der Waals surface area contributed by atoms with Gasteiger partial charge in [-0.05, 0) is 35.2 Å². The van der Waals surface area contributed by atoms with Crippen LogP contribution in [0.25, 0.3) is 0 Å². The molecule has 1 aliphatic rings. The van der Waals surface area contributed by atoms with Crippen LogP contribution in [0.15, 0.2) is 60.0 Å². The number of nitrogens with zero attached hydrogens (tertiary/aromatic N) is 1. The van der Waals surface area contributed by atoms with Crippen LogP contribution in [0.4, 0.5) is 10.1 Å². The van der Waals surface area contributed by atoms with Gasteiger partial charge in [-0.25, -0.2) is 4.39 Å². The Bertz CT molecular complexity index is 1070. The van der Waals surface area contributed by atoms with E-state index in [1.807, 2.05) is 41.8 Å². The number of anilines is 1. The van der Waals surface area contributed by atoms with Gasteiger partial charge < -0.3 is 15.0 Å². The molecule has 0 aliphatic carbocycles. The predicted molar refractivity (Wildman–Crippen MR) is 114 cm³/mol. The third-order valence-corrected chi connectivity index (χ3v) is 6.01. The third kappa shape index (κ3) is 4.21. The van der Waals surface area contributed by atoms with Crippen LogP contribution in [0.1, 0.15) is 28.3 Å². The van der Waals surface area contributed by atoms with Crippen molar-refractivity contribution >= 4 is 28.8 Å². The number of benzene rings is 2. The van der Waals surface area contributed by atoms with Gasteiger partial charge in [-0.1, -0.05) is 30.3 Å². The highest BCUT2D eigenvalue weighted by atomic mass is 32.1. The average Bonchev–Trinajstić information content (AvgIpc) is 3.25. The van der Waals surface area contributed by atoms with Gasteiger partial charge in [0, 0.05) is 29.1 Å². The highest BCUT2D eigenvalue weighted by Crippen LogP contribution is 2.35. The number of halogens is 1. The molecule has 4 rings (SSSR count). The molecule has 2 heterocycles. The lowest BCUT2D eigenvalue weighted by atomic mass is 9.89. The van der Waals surface area contributed by atoms with Gasteiger partial charge in [-0.3, -0.25) is 9.59 Å². The Labute approximate surface area is 178 Å². The molecule has 0 spiro atoms. The van der Waals surface area contributed by atoms with Crippen LogP contribution in [0.3, 0.4) is 0 Å². The van der Waals surface area contributed by atoms with E-state index >= 15 is 0 Å². The van der Waals surface area contributed by atoms with Crippen molar-refractivity contribution in [2.75, 3.05) is 12.4 Å². The maximum absolute atomic E-state index is 13.7. The van der Waals surface area contributed by atoms with E-state index in [0.717, 1.165) is 10.4 Å². The average molecular weight is 424 g/mol. The van der Waals surface area contributed by atoms with Crippen LogP contribution in [-0.4, -0.2) is 23.8 Å². The molecule has 2 aromatic carbocycles. The number of rotatable bonds is 6. The molecule has 30 heavy (non-hydrogen) atoms. The first kappa shape index (κ1) is 20.1. The second-order valence-electron chi connectivity index (χ2n) is 7.12. The number of hydrogen-bond acceptors (Lipinski definition) is 4. The fourth-order valence-corrected chi connectivity index (χ4v) is 4.44. The fourth-order valence-electron chi connectivity index (χ4n) is 3.72. The molecule has 3 aromatic rings. The first-order valence-corrected chi connectivity index (χ1v) is 10.5.